The summed E-state index contributed by atoms with van der Waals surface area (Å²) in [5.41, 5.74) is 3.21. The number of amides is 1. The number of benzene rings is 1. The first-order valence-electron chi connectivity index (χ1n) is 9.11. The second-order valence-electron chi connectivity index (χ2n) is 6.86. The van der Waals surface area contributed by atoms with E-state index in [4.69, 9.17) is 21.0 Å². The molecule has 1 aromatic carbocycles. The fraction of sp³-hybridized carbons (Fsp3) is 0.190. The molecule has 1 aliphatic rings. The highest BCUT2D eigenvalue weighted by molar-refractivity contribution is 6.30. The Morgan fingerprint density at radius 3 is 2.82 bits per heavy atom. The van der Waals surface area contributed by atoms with Crippen LogP contribution >= 0.6 is 11.6 Å². The highest BCUT2D eigenvalue weighted by atomic mass is 35.5. The van der Waals surface area contributed by atoms with Gasteiger partial charge in [0.05, 0.1) is 17.9 Å². The number of carbonyl (C=O) groups is 1. The maximum atomic E-state index is 12.9. The number of carbonyl (C=O) groups excluding carboxylic acids is 1. The van der Waals surface area contributed by atoms with Crippen LogP contribution in [0, 0.1) is 0 Å². The number of pyridine rings is 1. The van der Waals surface area contributed by atoms with Gasteiger partial charge in [0.2, 0.25) is 0 Å². The van der Waals surface area contributed by atoms with Gasteiger partial charge in [-0.1, -0.05) is 11.6 Å². The highest BCUT2D eigenvalue weighted by Crippen LogP contribution is 2.32. The lowest BCUT2D eigenvalue weighted by Gasteiger charge is -2.18. The molecule has 0 bridgehead atoms. The zero-order chi connectivity index (χ0) is 19.1. The van der Waals surface area contributed by atoms with Crippen molar-refractivity contribution in [1.29, 1.82) is 0 Å². The van der Waals surface area contributed by atoms with E-state index in [1.807, 2.05) is 23.1 Å². The van der Waals surface area contributed by atoms with E-state index in [1.165, 1.54) is 0 Å². The first-order valence-corrected chi connectivity index (χ1v) is 9.49. The predicted octanol–water partition coefficient (Wildman–Crippen LogP) is 4.43. The zero-order valence-corrected chi connectivity index (χ0v) is 15.7. The lowest BCUT2D eigenvalue weighted by atomic mass is 10.2. The summed E-state index contributed by atoms with van der Waals surface area (Å²) in [6, 6.07) is 12.8. The van der Waals surface area contributed by atoms with Crippen molar-refractivity contribution in [3.63, 3.8) is 0 Å². The molecule has 1 aliphatic heterocycles. The smallest absolute Gasteiger partial charge is 0.253 e. The van der Waals surface area contributed by atoms with Crippen molar-refractivity contribution < 1.29 is 9.21 Å². The van der Waals surface area contributed by atoms with Crippen LogP contribution in [0.2, 0.25) is 5.02 Å². The van der Waals surface area contributed by atoms with E-state index < -0.39 is 0 Å². The van der Waals surface area contributed by atoms with E-state index in [1.54, 1.807) is 43.0 Å². The summed E-state index contributed by atoms with van der Waals surface area (Å²) in [5, 5.41) is 0.622. The minimum absolute atomic E-state index is 0.0152. The molecule has 28 heavy (non-hydrogen) atoms. The van der Waals surface area contributed by atoms with E-state index in [-0.39, 0.29) is 11.9 Å². The summed E-state index contributed by atoms with van der Waals surface area (Å²) in [6.07, 6.45) is 5.93. The number of furan rings is 1. The van der Waals surface area contributed by atoms with Gasteiger partial charge in [0, 0.05) is 29.9 Å². The lowest BCUT2D eigenvalue weighted by Crippen LogP contribution is -2.29. The molecular formula is C21H17ClN4O2. The van der Waals surface area contributed by atoms with Crippen molar-refractivity contribution in [3.05, 3.63) is 71.8 Å². The van der Waals surface area contributed by atoms with Crippen LogP contribution in [0.5, 0.6) is 0 Å². The second kappa shape index (κ2) is 6.80. The molecule has 0 saturated carbocycles. The van der Waals surface area contributed by atoms with Crippen molar-refractivity contribution in [2.24, 2.45) is 0 Å². The fourth-order valence-corrected chi connectivity index (χ4v) is 3.91. The summed E-state index contributed by atoms with van der Waals surface area (Å²) in [5.74, 6) is 0.828. The Kier molecular flexibility index (Phi) is 4.13. The van der Waals surface area contributed by atoms with Crippen LogP contribution in [0.1, 0.15) is 22.8 Å². The van der Waals surface area contributed by atoms with Crippen molar-refractivity contribution >= 4 is 28.7 Å². The van der Waals surface area contributed by atoms with Gasteiger partial charge in [-0.3, -0.25) is 4.79 Å². The molecule has 1 saturated heterocycles. The van der Waals surface area contributed by atoms with Gasteiger partial charge in [0.1, 0.15) is 17.6 Å². The molecule has 140 valence electrons. The van der Waals surface area contributed by atoms with Crippen LogP contribution in [0.4, 0.5) is 0 Å². The Labute approximate surface area is 166 Å². The molecule has 1 fully saturated rings. The average Bonchev–Trinajstić information content (AvgIpc) is 3.46. The molecule has 0 aliphatic carbocycles. The van der Waals surface area contributed by atoms with E-state index in [9.17, 15) is 4.79 Å². The van der Waals surface area contributed by atoms with Gasteiger partial charge in [-0.25, -0.2) is 9.97 Å². The van der Waals surface area contributed by atoms with Gasteiger partial charge >= 0.3 is 0 Å². The number of halogens is 1. The summed E-state index contributed by atoms with van der Waals surface area (Å²) < 4.78 is 7.39. The molecule has 0 spiro atoms. The standard InChI is InChI=1S/C21H17ClN4O2/c22-16-5-3-14(4-6-16)21(27)25-10-7-17(12-25)26-19(15-8-11-28-13-15)24-18-2-1-9-23-20(18)26/h1-6,8-9,11,13,17H,7,10,12H2. The van der Waals surface area contributed by atoms with Crippen LogP contribution in [0.25, 0.3) is 22.6 Å². The summed E-state index contributed by atoms with van der Waals surface area (Å²) in [4.78, 5) is 24.1. The quantitative estimate of drug-likeness (QED) is 0.517. The number of likely N-dealkylation sites (tertiary alicyclic amines) is 1. The van der Waals surface area contributed by atoms with E-state index >= 15 is 0 Å². The largest absolute Gasteiger partial charge is 0.472 e. The third-order valence-corrected chi connectivity index (χ3v) is 5.39. The molecule has 4 aromatic rings. The molecule has 0 radical (unpaired) electrons. The second-order valence-corrected chi connectivity index (χ2v) is 7.30. The van der Waals surface area contributed by atoms with E-state index in [0.717, 1.165) is 29.0 Å². The average molecular weight is 393 g/mol. The normalized spacial score (nSPS) is 16.8. The third kappa shape index (κ3) is 2.86. The fourth-order valence-electron chi connectivity index (χ4n) is 3.78. The van der Waals surface area contributed by atoms with Crippen LogP contribution in [0.15, 0.2) is 65.6 Å². The van der Waals surface area contributed by atoms with Crippen molar-refractivity contribution in [1.82, 2.24) is 19.4 Å². The molecule has 0 N–H and O–H groups in total. The first kappa shape index (κ1) is 17.0. The molecular weight excluding hydrogens is 376 g/mol. The van der Waals surface area contributed by atoms with Gasteiger partial charge in [0.15, 0.2) is 5.65 Å². The van der Waals surface area contributed by atoms with E-state index in [2.05, 4.69) is 9.55 Å². The number of fused-ring (bicyclic) bond motifs is 1. The van der Waals surface area contributed by atoms with Gasteiger partial charge in [-0.05, 0) is 48.9 Å². The Morgan fingerprint density at radius 1 is 1.18 bits per heavy atom. The Hall–Kier alpha value is -3.12. The summed E-state index contributed by atoms with van der Waals surface area (Å²) >= 11 is 5.94. The monoisotopic (exact) mass is 392 g/mol. The number of rotatable bonds is 3. The maximum Gasteiger partial charge on any atom is 0.253 e. The van der Waals surface area contributed by atoms with Gasteiger partial charge in [-0.2, -0.15) is 0 Å². The highest BCUT2D eigenvalue weighted by Gasteiger charge is 2.31. The SMILES string of the molecule is O=C(c1ccc(Cl)cc1)N1CCC(n2c(-c3ccoc3)nc3cccnc32)C1. The Morgan fingerprint density at radius 2 is 2.04 bits per heavy atom. The summed E-state index contributed by atoms with van der Waals surface area (Å²) in [7, 11) is 0. The molecule has 7 heteroatoms. The third-order valence-electron chi connectivity index (χ3n) is 5.14. The molecule has 5 rings (SSSR count). The van der Waals surface area contributed by atoms with Crippen molar-refractivity contribution in [3.8, 4) is 11.4 Å². The number of nitrogens with zero attached hydrogens (tertiary/aromatic N) is 4. The summed E-state index contributed by atoms with van der Waals surface area (Å²) in [6.45, 7) is 1.29. The molecule has 1 atom stereocenters. The van der Waals surface area contributed by atoms with Gasteiger partial charge in [0.25, 0.3) is 5.91 Å². The van der Waals surface area contributed by atoms with Crippen molar-refractivity contribution in [2.75, 3.05) is 13.1 Å². The minimum Gasteiger partial charge on any atom is -0.472 e. The van der Waals surface area contributed by atoms with Crippen LogP contribution in [0.3, 0.4) is 0 Å². The number of hydrogen-bond donors (Lipinski definition) is 0. The van der Waals surface area contributed by atoms with Gasteiger partial charge in [-0.15, -0.1) is 0 Å². The topological polar surface area (TPSA) is 64.2 Å². The Bertz CT molecular complexity index is 1140. The molecule has 1 unspecified atom stereocenters. The molecule has 3 aromatic heterocycles. The zero-order valence-electron chi connectivity index (χ0n) is 15.0. The Balaban J connectivity index is 1.49. The predicted molar refractivity (Wildman–Crippen MR) is 106 cm³/mol. The number of hydrogen-bond acceptors (Lipinski definition) is 4. The van der Waals surface area contributed by atoms with Crippen LogP contribution in [-0.2, 0) is 0 Å². The van der Waals surface area contributed by atoms with Crippen molar-refractivity contribution in [2.45, 2.75) is 12.5 Å². The maximum absolute atomic E-state index is 12.9. The van der Waals surface area contributed by atoms with Gasteiger partial charge < -0.3 is 13.9 Å². The number of imidazole rings is 1. The van der Waals surface area contributed by atoms with E-state index in [0.29, 0.717) is 23.7 Å². The number of aromatic nitrogens is 3. The van der Waals surface area contributed by atoms with Crippen LogP contribution < -0.4 is 0 Å². The first-order chi connectivity index (χ1) is 13.7. The molecule has 4 heterocycles. The molecule has 6 nitrogen and oxygen atoms in total. The lowest BCUT2D eigenvalue weighted by molar-refractivity contribution is 0.0788. The van der Waals surface area contributed by atoms with Crippen LogP contribution in [-0.4, -0.2) is 38.4 Å². The minimum atomic E-state index is 0.0152. The molecule has 1 amide bonds.